The summed E-state index contributed by atoms with van der Waals surface area (Å²) in [7, 11) is 4.02. The van der Waals surface area contributed by atoms with E-state index in [1.807, 2.05) is 45.4 Å². The summed E-state index contributed by atoms with van der Waals surface area (Å²) in [6.07, 6.45) is 9.04. The second-order valence-electron chi connectivity index (χ2n) is 12.5. The molecule has 4 N–H and O–H groups in total. The van der Waals surface area contributed by atoms with Crippen molar-refractivity contribution >= 4 is 28.0 Å². The fourth-order valence-corrected chi connectivity index (χ4v) is 4.99. The largest absolute Gasteiger partial charge is 0.384 e. The minimum Gasteiger partial charge on any atom is -0.384 e. The van der Waals surface area contributed by atoms with Crippen molar-refractivity contribution < 1.29 is 4.39 Å². The summed E-state index contributed by atoms with van der Waals surface area (Å²) in [5, 5.41) is 15.2. The van der Waals surface area contributed by atoms with Gasteiger partial charge in [0.2, 0.25) is 0 Å². The Morgan fingerprint density at radius 2 is 1.80 bits per heavy atom. The summed E-state index contributed by atoms with van der Waals surface area (Å²) in [5.41, 5.74) is 9.96. The number of likely N-dealkylation sites (N-methyl/N-ethyl adjacent to an activating group) is 1. The van der Waals surface area contributed by atoms with Crippen molar-refractivity contribution in [3.63, 3.8) is 0 Å². The van der Waals surface area contributed by atoms with Crippen molar-refractivity contribution in [1.29, 1.82) is 0 Å². The lowest BCUT2D eigenvalue weighted by Crippen LogP contribution is -2.20. The predicted molar refractivity (Wildman–Crippen MR) is 185 cm³/mol. The van der Waals surface area contributed by atoms with Gasteiger partial charge in [-0.15, -0.1) is 0 Å². The van der Waals surface area contributed by atoms with Gasteiger partial charge in [-0.05, 0) is 68.6 Å². The quantitative estimate of drug-likeness (QED) is 0.114. The van der Waals surface area contributed by atoms with Crippen molar-refractivity contribution in [2.75, 3.05) is 37.8 Å². The number of aromatic nitrogens is 5. The maximum Gasteiger partial charge on any atom is 0.181 e. The van der Waals surface area contributed by atoms with Gasteiger partial charge in [-0.1, -0.05) is 46.1 Å². The molecule has 0 radical (unpaired) electrons. The average Bonchev–Trinajstić information content (AvgIpc) is 3.57. The lowest BCUT2D eigenvalue weighted by Gasteiger charge is -2.23. The molecule has 0 fully saturated rings. The van der Waals surface area contributed by atoms with E-state index in [1.165, 1.54) is 6.07 Å². The number of benzene rings is 1. The molecule has 232 valence electrons. The lowest BCUT2D eigenvalue weighted by atomic mass is 9.93. The molecule has 0 atom stereocenters. The Hall–Kier alpha value is -5.02. The molecule has 0 saturated heterocycles. The molecule has 4 heterocycles. The number of pyridine rings is 2. The van der Waals surface area contributed by atoms with E-state index in [2.05, 4.69) is 86.7 Å². The molecule has 1 aromatic carbocycles. The van der Waals surface area contributed by atoms with E-state index in [1.54, 1.807) is 24.5 Å². The van der Waals surface area contributed by atoms with Crippen molar-refractivity contribution in [1.82, 2.24) is 30.0 Å². The monoisotopic (exact) mass is 604 g/mol. The number of anilines is 2. The second kappa shape index (κ2) is 12.9. The van der Waals surface area contributed by atoms with E-state index < -0.39 is 0 Å². The van der Waals surface area contributed by atoms with Crippen LogP contribution in [0.3, 0.4) is 0 Å². The Bertz CT molecular complexity index is 1890. The van der Waals surface area contributed by atoms with E-state index in [9.17, 15) is 4.39 Å². The summed E-state index contributed by atoms with van der Waals surface area (Å²) >= 11 is 0. The summed E-state index contributed by atoms with van der Waals surface area (Å²) in [6.45, 7) is 18.0. The molecule has 9 heteroatoms. The molecule has 0 saturated carbocycles. The third-order valence-corrected chi connectivity index (χ3v) is 7.64. The van der Waals surface area contributed by atoms with E-state index in [4.69, 9.17) is 0 Å². The number of rotatable bonds is 11. The zero-order valence-corrected chi connectivity index (χ0v) is 26.8. The maximum atomic E-state index is 14.8. The van der Waals surface area contributed by atoms with E-state index in [0.29, 0.717) is 12.2 Å². The van der Waals surface area contributed by atoms with Gasteiger partial charge in [-0.25, -0.2) is 9.37 Å². The second-order valence-corrected chi connectivity index (χ2v) is 12.5. The summed E-state index contributed by atoms with van der Waals surface area (Å²) in [6, 6.07) is 11.2. The summed E-state index contributed by atoms with van der Waals surface area (Å²) in [5.74, 6) is -0.308. The standard InChI is InChI=1S/C36H41FN8/c1-9-10-30(24-13-27(37)17-28(14-24)39-11-12-45(7)8)31-18-33(41-22(31)2)34-32-16-26(20-40-35(32)44-43-34)25-15-29(21-38-19-25)42-23(3)36(4,5)6/h9-10,13-21,39,41-42H,1,3,11-12H2,2,4-8H3,(H,40,43,44)/b30-10-. The van der Waals surface area contributed by atoms with Crippen LogP contribution < -0.4 is 10.6 Å². The molecule has 0 aliphatic heterocycles. The fourth-order valence-electron chi connectivity index (χ4n) is 4.99. The SMILES string of the molecule is C=C/C=C(/c1cc(F)cc(NCCN(C)C)c1)c1cc(-c2[nH]nc3ncc(-c4cncc(NC(=C)C(C)(C)C)c4)cc23)[nH]c1C. The van der Waals surface area contributed by atoms with Gasteiger partial charge in [0.15, 0.2) is 5.65 Å². The van der Waals surface area contributed by atoms with Gasteiger partial charge in [-0.3, -0.25) is 10.1 Å². The number of fused-ring (bicyclic) bond motifs is 1. The highest BCUT2D eigenvalue weighted by Crippen LogP contribution is 2.35. The molecular weight excluding hydrogens is 563 g/mol. The maximum absolute atomic E-state index is 14.8. The molecular formula is C36H41FN8. The zero-order valence-electron chi connectivity index (χ0n) is 26.8. The fraction of sp³-hybridized carbons (Fsp3) is 0.250. The van der Waals surface area contributed by atoms with Crippen molar-refractivity contribution in [2.24, 2.45) is 5.41 Å². The van der Waals surface area contributed by atoms with Crippen LogP contribution in [0.4, 0.5) is 15.8 Å². The number of aromatic amines is 2. The first kappa shape index (κ1) is 31.4. The Balaban J connectivity index is 1.49. The van der Waals surface area contributed by atoms with Gasteiger partial charge in [0, 0.05) is 70.1 Å². The first-order valence-electron chi connectivity index (χ1n) is 14.9. The van der Waals surface area contributed by atoms with Crippen LogP contribution in [-0.2, 0) is 0 Å². The Morgan fingerprint density at radius 1 is 1.02 bits per heavy atom. The number of hydrogen-bond donors (Lipinski definition) is 4. The highest BCUT2D eigenvalue weighted by molar-refractivity contribution is 5.94. The third kappa shape index (κ3) is 7.21. The molecule has 0 amide bonds. The molecule has 5 rings (SSSR count). The van der Waals surface area contributed by atoms with Crippen LogP contribution in [0, 0.1) is 18.2 Å². The minimum absolute atomic E-state index is 0.0876. The average molecular weight is 605 g/mol. The van der Waals surface area contributed by atoms with Crippen molar-refractivity contribution in [2.45, 2.75) is 27.7 Å². The third-order valence-electron chi connectivity index (χ3n) is 7.64. The molecule has 0 aliphatic rings. The number of aryl methyl sites for hydroxylation is 1. The number of nitrogens with one attached hydrogen (secondary N) is 4. The molecule has 4 aromatic heterocycles. The predicted octanol–water partition coefficient (Wildman–Crippen LogP) is 8.03. The van der Waals surface area contributed by atoms with Crippen LogP contribution in [0.5, 0.6) is 0 Å². The zero-order chi connectivity index (χ0) is 32.3. The highest BCUT2D eigenvalue weighted by atomic mass is 19.1. The van der Waals surface area contributed by atoms with Crippen LogP contribution in [0.25, 0.3) is 39.1 Å². The number of nitrogens with zero attached hydrogens (tertiary/aromatic N) is 4. The Kier molecular flexibility index (Phi) is 9.01. The Morgan fingerprint density at radius 3 is 2.53 bits per heavy atom. The number of halogens is 1. The minimum atomic E-state index is -0.308. The molecule has 5 aromatic rings. The van der Waals surface area contributed by atoms with Gasteiger partial charge in [0.25, 0.3) is 0 Å². The number of allylic oxidation sites excluding steroid dienone is 3. The first-order chi connectivity index (χ1) is 21.4. The van der Waals surface area contributed by atoms with Gasteiger partial charge in [0.1, 0.15) is 5.82 Å². The highest BCUT2D eigenvalue weighted by Gasteiger charge is 2.18. The van der Waals surface area contributed by atoms with Crippen molar-refractivity contribution in [3.8, 4) is 22.5 Å². The van der Waals surface area contributed by atoms with Gasteiger partial charge in [0.05, 0.1) is 23.3 Å². The summed E-state index contributed by atoms with van der Waals surface area (Å²) in [4.78, 5) is 14.7. The van der Waals surface area contributed by atoms with Gasteiger partial charge >= 0.3 is 0 Å². The van der Waals surface area contributed by atoms with Gasteiger partial charge < -0.3 is 20.5 Å². The first-order valence-corrected chi connectivity index (χ1v) is 14.9. The van der Waals surface area contributed by atoms with Crippen molar-refractivity contribution in [3.05, 3.63) is 109 Å². The number of hydrogen-bond acceptors (Lipinski definition) is 6. The smallest absolute Gasteiger partial charge is 0.181 e. The molecule has 0 unspecified atom stereocenters. The molecule has 8 nitrogen and oxygen atoms in total. The van der Waals surface area contributed by atoms with Crippen LogP contribution in [0.1, 0.15) is 37.6 Å². The van der Waals surface area contributed by atoms with E-state index >= 15 is 0 Å². The van der Waals surface area contributed by atoms with Crippen LogP contribution in [0.2, 0.25) is 0 Å². The van der Waals surface area contributed by atoms with Gasteiger partial charge in [-0.2, -0.15) is 5.10 Å². The normalized spacial score (nSPS) is 12.1. The lowest BCUT2D eigenvalue weighted by molar-refractivity contribution is 0.425. The van der Waals surface area contributed by atoms with Crippen LogP contribution in [0.15, 0.2) is 86.0 Å². The molecule has 0 aliphatic carbocycles. The Labute approximate surface area is 264 Å². The van der Waals surface area contributed by atoms with E-state index in [0.717, 1.165) is 73.9 Å². The van der Waals surface area contributed by atoms with Crippen LogP contribution >= 0.6 is 0 Å². The van der Waals surface area contributed by atoms with Crippen LogP contribution in [-0.4, -0.2) is 57.2 Å². The number of H-pyrrole nitrogens is 2. The summed E-state index contributed by atoms with van der Waals surface area (Å²) < 4.78 is 14.8. The topological polar surface area (TPSA) is 97.6 Å². The molecule has 0 spiro atoms. The molecule has 45 heavy (non-hydrogen) atoms. The molecule has 0 bridgehead atoms. The van der Waals surface area contributed by atoms with E-state index in [-0.39, 0.29) is 11.2 Å².